The van der Waals surface area contributed by atoms with Crippen molar-refractivity contribution < 1.29 is 23.8 Å². The molecule has 166 valence electrons. The second-order valence-corrected chi connectivity index (χ2v) is 7.71. The summed E-state index contributed by atoms with van der Waals surface area (Å²) in [4.78, 5) is 39.3. The molecule has 1 aromatic heterocycles. The van der Waals surface area contributed by atoms with Gasteiger partial charge in [-0.15, -0.1) is 0 Å². The quantitative estimate of drug-likeness (QED) is 0.525. The van der Waals surface area contributed by atoms with E-state index < -0.39 is 11.5 Å². The molecule has 8 nitrogen and oxygen atoms in total. The van der Waals surface area contributed by atoms with Crippen LogP contribution in [0.3, 0.4) is 0 Å². The SMILES string of the molecule is CC(=O)CCCOc1c(C)ccc2cc(C(=O)NCc3ccc4c(c3)OCO4)c(=O)[nH]c12. The van der Waals surface area contributed by atoms with E-state index in [0.29, 0.717) is 47.6 Å². The molecule has 0 fully saturated rings. The second-order valence-electron chi connectivity index (χ2n) is 7.71. The Balaban J connectivity index is 1.51. The molecule has 3 aromatic rings. The summed E-state index contributed by atoms with van der Waals surface area (Å²) in [6, 6.07) is 10.7. The molecule has 2 aromatic carbocycles. The van der Waals surface area contributed by atoms with Crippen LogP contribution >= 0.6 is 0 Å². The number of fused-ring (bicyclic) bond motifs is 2. The highest BCUT2D eigenvalue weighted by molar-refractivity contribution is 5.98. The van der Waals surface area contributed by atoms with Gasteiger partial charge in [0, 0.05) is 18.4 Å². The van der Waals surface area contributed by atoms with Gasteiger partial charge in [-0.25, -0.2) is 0 Å². The van der Waals surface area contributed by atoms with Crippen molar-refractivity contribution in [2.24, 2.45) is 0 Å². The summed E-state index contributed by atoms with van der Waals surface area (Å²) in [5.41, 5.74) is 1.74. The molecule has 0 radical (unpaired) electrons. The zero-order chi connectivity index (χ0) is 22.7. The number of benzene rings is 2. The third-order valence-corrected chi connectivity index (χ3v) is 5.22. The normalized spacial score (nSPS) is 12.1. The van der Waals surface area contributed by atoms with Crippen molar-refractivity contribution in [3.05, 3.63) is 63.4 Å². The Bertz CT molecular complexity index is 1250. The van der Waals surface area contributed by atoms with Crippen LogP contribution in [0.5, 0.6) is 17.2 Å². The average Bonchev–Trinajstić information content (AvgIpc) is 3.23. The number of Topliss-reactive ketones (excluding diaryl/α,β-unsaturated/α-hetero) is 1. The number of pyridine rings is 1. The molecule has 2 N–H and O–H groups in total. The molecular weight excluding hydrogens is 412 g/mol. The molecule has 4 rings (SSSR count). The lowest BCUT2D eigenvalue weighted by Crippen LogP contribution is -2.29. The van der Waals surface area contributed by atoms with E-state index in [-0.39, 0.29) is 24.7 Å². The van der Waals surface area contributed by atoms with Crippen LogP contribution in [0.1, 0.15) is 41.3 Å². The standard InChI is InChI=1S/C24H24N2O6/c1-14-5-7-17-11-18(24(29)26-21(17)22(14)30-9-3-4-15(2)27)23(28)25-12-16-6-8-19-20(10-16)32-13-31-19/h5-8,10-11H,3-4,9,12-13H2,1-2H3,(H,25,28)(H,26,29). The summed E-state index contributed by atoms with van der Waals surface area (Å²) in [7, 11) is 0. The Morgan fingerprint density at radius 2 is 1.94 bits per heavy atom. The van der Waals surface area contributed by atoms with Crippen LogP contribution in [0.15, 0.2) is 41.2 Å². The number of rotatable bonds is 8. The first-order chi connectivity index (χ1) is 15.4. The number of hydrogen-bond donors (Lipinski definition) is 2. The number of carbonyl (C=O) groups is 2. The monoisotopic (exact) mass is 436 g/mol. The maximum atomic E-state index is 12.7. The number of aryl methyl sites for hydroxylation is 1. The van der Waals surface area contributed by atoms with E-state index in [0.717, 1.165) is 11.1 Å². The topological polar surface area (TPSA) is 107 Å². The minimum Gasteiger partial charge on any atom is -0.491 e. The molecular formula is C24H24N2O6. The number of aromatic nitrogens is 1. The molecule has 1 aliphatic rings. The fourth-order valence-electron chi connectivity index (χ4n) is 3.53. The lowest BCUT2D eigenvalue weighted by Gasteiger charge is -2.13. The zero-order valence-corrected chi connectivity index (χ0v) is 17.9. The van der Waals surface area contributed by atoms with E-state index in [1.807, 2.05) is 25.1 Å². The predicted octanol–water partition coefficient (Wildman–Crippen LogP) is 3.24. The van der Waals surface area contributed by atoms with Crippen LogP contribution in [-0.2, 0) is 11.3 Å². The van der Waals surface area contributed by atoms with Crippen molar-refractivity contribution in [1.29, 1.82) is 0 Å². The van der Waals surface area contributed by atoms with Gasteiger partial charge in [0.05, 0.1) is 12.1 Å². The van der Waals surface area contributed by atoms with Gasteiger partial charge in [0.1, 0.15) is 17.1 Å². The first-order valence-electron chi connectivity index (χ1n) is 10.4. The highest BCUT2D eigenvalue weighted by atomic mass is 16.7. The second kappa shape index (κ2) is 9.13. The largest absolute Gasteiger partial charge is 0.491 e. The maximum absolute atomic E-state index is 12.7. The van der Waals surface area contributed by atoms with Gasteiger partial charge in [0.15, 0.2) is 11.5 Å². The van der Waals surface area contributed by atoms with Gasteiger partial charge in [-0.1, -0.05) is 18.2 Å². The van der Waals surface area contributed by atoms with Crippen LogP contribution < -0.4 is 25.1 Å². The van der Waals surface area contributed by atoms with E-state index in [2.05, 4.69) is 10.3 Å². The van der Waals surface area contributed by atoms with Gasteiger partial charge in [0.2, 0.25) is 6.79 Å². The van der Waals surface area contributed by atoms with Crippen molar-refractivity contribution in [2.75, 3.05) is 13.4 Å². The van der Waals surface area contributed by atoms with Gasteiger partial charge < -0.3 is 29.3 Å². The number of H-pyrrole nitrogens is 1. The third kappa shape index (κ3) is 4.59. The molecule has 32 heavy (non-hydrogen) atoms. The molecule has 0 bridgehead atoms. The average molecular weight is 436 g/mol. The molecule has 0 spiro atoms. The number of carbonyl (C=O) groups excluding carboxylic acids is 2. The summed E-state index contributed by atoms with van der Waals surface area (Å²) in [5.74, 6) is 1.48. The molecule has 8 heteroatoms. The summed E-state index contributed by atoms with van der Waals surface area (Å²) < 4.78 is 16.5. The molecule has 0 saturated carbocycles. The summed E-state index contributed by atoms with van der Waals surface area (Å²) >= 11 is 0. The van der Waals surface area contributed by atoms with E-state index >= 15 is 0 Å². The van der Waals surface area contributed by atoms with Crippen molar-refractivity contribution in [3.63, 3.8) is 0 Å². The molecule has 2 heterocycles. The fraction of sp³-hybridized carbons (Fsp3) is 0.292. The van der Waals surface area contributed by atoms with Gasteiger partial charge >= 0.3 is 0 Å². The van der Waals surface area contributed by atoms with Gasteiger partial charge in [-0.2, -0.15) is 0 Å². The first-order valence-corrected chi connectivity index (χ1v) is 10.4. The molecule has 0 aliphatic carbocycles. The van der Waals surface area contributed by atoms with E-state index in [1.165, 1.54) is 0 Å². The zero-order valence-electron chi connectivity index (χ0n) is 17.9. The van der Waals surface area contributed by atoms with Crippen molar-refractivity contribution >= 4 is 22.6 Å². The Morgan fingerprint density at radius 1 is 1.12 bits per heavy atom. The van der Waals surface area contributed by atoms with Crippen molar-refractivity contribution in [1.82, 2.24) is 10.3 Å². The fourth-order valence-corrected chi connectivity index (χ4v) is 3.53. The van der Waals surface area contributed by atoms with Crippen molar-refractivity contribution in [3.8, 4) is 17.2 Å². The highest BCUT2D eigenvalue weighted by Gasteiger charge is 2.17. The first kappa shape index (κ1) is 21.4. The summed E-state index contributed by atoms with van der Waals surface area (Å²) in [6.07, 6.45) is 1.03. The third-order valence-electron chi connectivity index (χ3n) is 5.22. The molecule has 0 unspecified atom stereocenters. The number of ketones is 1. The van der Waals surface area contributed by atoms with E-state index in [1.54, 1.807) is 25.1 Å². The lowest BCUT2D eigenvalue weighted by atomic mass is 10.1. The van der Waals surface area contributed by atoms with Crippen LogP contribution in [0.25, 0.3) is 10.9 Å². The van der Waals surface area contributed by atoms with Crippen LogP contribution in [-0.4, -0.2) is 30.1 Å². The van der Waals surface area contributed by atoms with Gasteiger partial charge in [-0.3, -0.25) is 9.59 Å². The molecule has 1 amide bonds. The number of nitrogens with one attached hydrogen (secondary N) is 2. The number of ether oxygens (including phenoxy) is 3. The molecule has 0 saturated heterocycles. The van der Waals surface area contributed by atoms with Crippen molar-refractivity contribution in [2.45, 2.75) is 33.2 Å². The van der Waals surface area contributed by atoms with Crippen LogP contribution in [0, 0.1) is 6.92 Å². The Hall–Kier alpha value is -3.81. The maximum Gasteiger partial charge on any atom is 0.261 e. The van der Waals surface area contributed by atoms with Crippen LogP contribution in [0.2, 0.25) is 0 Å². The summed E-state index contributed by atoms with van der Waals surface area (Å²) in [5, 5.41) is 3.46. The molecule has 0 atom stereocenters. The number of hydrogen-bond acceptors (Lipinski definition) is 6. The van der Waals surface area contributed by atoms with E-state index in [4.69, 9.17) is 14.2 Å². The smallest absolute Gasteiger partial charge is 0.261 e. The van der Waals surface area contributed by atoms with Gasteiger partial charge in [-0.05, 0) is 49.6 Å². The Kier molecular flexibility index (Phi) is 6.11. The molecule has 1 aliphatic heterocycles. The minimum absolute atomic E-state index is 0.0182. The Morgan fingerprint density at radius 3 is 2.75 bits per heavy atom. The Labute approximate surface area is 184 Å². The number of amides is 1. The van der Waals surface area contributed by atoms with Crippen LogP contribution in [0.4, 0.5) is 0 Å². The summed E-state index contributed by atoms with van der Waals surface area (Å²) in [6.45, 7) is 4.20. The predicted molar refractivity (Wildman–Crippen MR) is 118 cm³/mol. The number of aromatic amines is 1. The van der Waals surface area contributed by atoms with Gasteiger partial charge in [0.25, 0.3) is 11.5 Å². The van der Waals surface area contributed by atoms with E-state index in [9.17, 15) is 14.4 Å². The minimum atomic E-state index is -0.500. The lowest BCUT2D eigenvalue weighted by molar-refractivity contribution is -0.117. The highest BCUT2D eigenvalue weighted by Crippen LogP contribution is 2.32.